The third-order valence-corrected chi connectivity index (χ3v) is 5.00. The average molecular weight is 412 g/mol. The van der Waals surface area contributed by atoms with Crippen LogP contribution in [0.5, 0.6) is 5.75 Å². The lowest BCUT2D eigenvalue weighted by atomic mass is 10.0. The van der Waals surface area contributed by atoms with Gasteiger partial charge in [0.25, 0.3) is 5.91 Å². The maximum absolute atomic E-state index is 14.5. The van der Waals surface area contributed by atoms with Crippen molar-refractivity contribution in [2.24, 2.45) is 0 Å². The van der Waals surface area contributed by atoms with Crippen LogP contribution in [0.1, 0.15) is 11.7 Å². The largest absolute Gasteiger partial charge is 0.474 e. The van der Waals surface area contributed by atoms with Crippen molar-refractivity contribution in [2.45, 2.75) is 6.10 Å². The smallest absolute Gasteiger partial charge is 0.277 e. The van der Waals surface area contributed by atoms with Crippen LogP contribution in [0.15, 0.2) is 72.8 Å². The van der Waals surface area contributed by atoms with Crippen molar-refractivity contribution >= 4 is 33.0 Å². The standard InChI is InChI=1S/C21H17FN2O4S/c1-29(26,27)23-15-11-12-18-19(13-15)28-20(14-7-3-2-4-8-14)21(25)24(18)17-10-6-5-9-16(17)22/h2-13,20,23H,1H3. The number of nitrogens with zero attached hydrogens (tertiary/aromatic N) is 1. The summed E-state index contributed by atoms with van der Waals surface area (Å²) in [6.45, 7) is 0. The third-order valence-electron chi connectivity index (χ3n) is 4.39. The Balaban J connectivity index is 1.87. The van der Waals surface area contributed by atoms with Crippen molar-refractivity contribution in [2.75, 3.05) is 15.9 Å². The van der Waals surface area contributed by atoms with E-state index in [2.05, 4.69) is 4.72 Å². The van der Waals surface area contributed by atoms with E-state index < -0.39 is 27.9 Å². The number of carbonyl (C=O) groups is 1. The van der Waals surface area contributed by atoms with Gasteiger partial charge in [0.2, 0.25) is 16.1 Å². The zero-order valence-electron chi connectivity index (χ0n) is 15.4. The summed E-state index contributed by atoms with van der Waals surface area (Å²) in [6, 6.07) is 19.3. The van der Waals surface area contributed by atoms with Gasteiger partial charge in [-0.15, -0.1) is 0 Å². The van der Waals surface area contributed by atoms with E-state index in [0.29, 0.717) is 11.3 Å². The number of benzene rings is 3. The van der Waals surface area contributed by atoms with Crippen LogP contribution < -0.4 is 14.4 Å². The van der Waals surface area contributed by atoms with Gasteiger partial charge in [0, 0.05) is 11.6 Å². The first-order valence-corrected chi connectivity index (χ1v) is 10.6. The first-order valence-electron chi connectivity index (χ1n) is 8.75. The fourth-order valence-electron chi connectivity index (χ4n) is 3.20. The summed E-state index contributed by atoms with van der Waals surface area (Å²) in [7, 11) is -3.50. The summed E-state index contributed by atoms with van der Waals surface area (Å²) in [5.74, 6) is -0.744. The minimum absolute atomic E-state index is 0.0896. The SMILES string of the molecule is CS(=O)(=O)Nc1ccc2c(c1)OC(c1ccccc1)C(=O)N2c1ccccc1F. The first kappa shape index (κ1) is 18.9. The monoisotopic (exact) mass is 412 g/mol. The molecule has 0 aliphatic carbocycles. The van der Waals surface area contributed by atoms with Crippen LogP contribution in [0, 0.1) is 5.82 Å². The molecular formula is C21H17FN2O4S. The van der Waals surface area contributed by atoms with Crippen LogP contribution >= 0.6 is 0 Å². The van der Waals surface area contributed by atoms with Crippen LogP contribution in [-0.4, -0.2) is 20.6 Å². The normalized spacial score (nSPS) is 16.1. The Kier molecular flexibility index (Phi) is 4.71. The summed E-state index contributed by atoms with van der Waals surface area (Å²) in [5.41, 5.74) is 1.30. The number of hydrogen-bond donors (Lipinski definition) is 1. The van der Waals surface area contributed by atoms with Gasteiger partial charge in [-0.05, 0) is 24.3 Å². The van der Waals surface area contributed by atoms with Gasteiger partial charge < -0.3 is 4.74 Å². The number of sulfonamides is 1. The maximum Gasteiger partial charge on any atom is 0.277 e. The van der Waals surface area contributed by atoms with E-state index in [1.165, 1.54) is 35.2 Å². The van der Waals surface area contributed by atoms with Gasteiger partial charge in [-0.25, -0.2) is 12.8 Å². The zero-order valence-corrected chi connectivity index (χ0v) is 16.2. The highest BCUT2D eigenvalue weighted by molar-refractivity contribution is 7.92. The maximum atomic E-state index is 14.5. The average Bonchev–Trinajstić information content (AvgIpc) is 2.68. The molecule has 8 heteroatoms. The van der Waals surface area contributed by atoms with Crippen molar-refractivity contribution in [3.63, 3.8) is 0 Å². The van der Waals surface area contributed by atoms with E-state index in [9.17, 15) is 17.6 Å². The Labute approximate surface area is 167 Å². The molecule has 0 aromatic heterocycles. The minimum atomic E-state index is -3.50. The van der Waals surface area contributed by atoms with Crippen molar-refractivity contribution in [3.8, 4) is 5.75 Å². The van der Waals surface area contributed by atoms with Gasteiger partial charge in [0.15, 0.2) is 0 Å². The number of halogens is 1. The van der Waals surface area contributed by atoms with E-state index in [0.717, 1.165) is 6.26 Å². The van der Waals surface area contributed by atoms with Gasteiger partial charge in [0.05, 0.1) is 23.3 Å². The van der Waals surface area contributed by atoms with Crippen LogP contribution in [0.3, 0.4) is 0 Å². The van der Waals surface area contributed by atoms with Gasteiger partial charge in [-0.1, -0.05) is 42.5 Å². The molecular weight excluding hydrogens is 395 g/mol. The van der Waals surface area contributed by atoms with Crippen molar-refractivity contribution < 1.29 is 22.3 Å². The molecule has 1 aliphatic rings. The molecule has 0 radical (unpaired) electrons. The van der Waals surface area contributed by atoms with E-state index >= 15 is 0 Å². The quantitative estimate of drug-likeness (QED) is 0.703. The molecule has 1 atom stereocenters. The Bertz CT molecular complexity index is 1180. The van der Waals surface area contributed by atoms with Crippen LogP contribution in [0.25, 0.3) is 0 Å². The Morgan fingerprint density at radius 2 is 1.66 bits per heavy atom. The number of ether oxygens (including phenoxy) is 1. The Morgan fingerprint density at radius 3 is 2.34 bits per heavy atom. The second kappa shape index (κ2) is 7.21. The highest BCUT2D eigenvalue weighted by Crippen LogP contribution is 2.44. The topological polar surface area (TPSA) is 75.7 Å². The number of nitrogens with one attached hydrogen (secondary N) is 1. The molecule has 0 saturated carbocycles. The first-order chi connectivity index (χ1) is 13.8. The van der Waals surface area contributed by atoms with E-state index in [-0.39, 0.29) is 17.1 Å². The second-order valence-corrected chi connectivity index (χ2v) is 8.34. The summed E-state index contributed by atoms with van der Waals surface area (Å²) >= 11 is 0. The molecule has 3 aromatic carbocycles. The predicted octanol–water partition coefficient (Wildman–Crippen LogP) is 4.00. The molecule has 0 bridgehead atoms. The molecule has 1 aliphatic heterocycles. The molecule has 29 heavy (non-hydrogen) atoms. The minimum Gasteiger partial charge on any atom is -0.474 e. The molecule has 0 fully saturated rings. The van der Waals surface area contributed by atoms with Crippen LogP contribution in [-0.2, 0) is 14.8 Å². The van der Waals surface area contributed by atoms with Crippen molar-refractivity contribution in [3.05, 3.63) is 84.2 Å². The number of hydrogen-bond acceptors (Lipinski definition) is 4. The van der Waals surface area contributed by atoms with Gasteiger partial charge in [-0.3, -0.25) is 14.4 Å². The summed E-state index contributed by atoms with van der Waals surface area (Å²) < 4.78 is 46.0. The third kappa shape index (κ3) is 3.79. The number of rotatable bonds is 4. The van der Waals surface area contributed by atoms with Gasteiger partial charge >= 0.3 is 0 Å². The fraction of sp³-hybridized carbons (Fsp3) is 0.0952. The summed E-state index contributed by atoms with van der Waals surface area (Å²) in [5, 5.41) is 0. The molecule has 1 unspecified atom stereocenters. The van der Waals surface area contributed by atoms with E-state index in [1.54, 1.807) is 36.4 Å². The molecule has 0 spiro atoms. The number of para-hydroxylation sites is 1. The lowest BCUT2D eigenvalue weighted by Gasteiger charge is -2.35. The molecule has 0 saturated heterocycles. The molecule has 1 amide bonds. The van der Waals surface area contributed by atoms with Gasteiger partial charge in [0.1, 0.15) is 11.6 Å². The predicted molar refractivity (Wildman–Crippen MR) is 108 cm³/mol. The molecule has 4 rings (SSSR count). The Hall–Kier alpha value is -3.39. The lowest BCUT2D eigenvalue weighted by molar-refractivity contribution is -0.125. The zero-order chi connectivity index (χ0) is 20.6. The molecule has 3 aromatic rings. The summed E-state index contributed by atoms with van der Waals surface area (Å²) in [6.07, 6.45) is 0.0340. The Morgan fingerprint density at radius 1 is 0.966 bits per heavy atom. The number of amides is 1. The molecule has 148 valence electrons. The second-order valence-electron chi connectivity index (χ2n) is 6.59. The van der Waals surface area contributed by atoms with E-state index in [4.69, 9.17) is 4.74 Å². The highest BCUT2D eigenvalue weighted by Gasteiger charge is 2.37. The van der Waals surface area contributed by atoms with Crippen LogP contribution in [0.2, 0.25) is 0 Å². The number of carbonyl (C=O) groups excluding carboxylic acids is 1. The lowest BCUT2D eigenvalue weighted by Crippen LogP contribution is -2.38. The number of anilines is 3. The van der Waals surface area contributed by atoms with Gasteiger partial charge in [-0.2, -0.15) is 0 Å². The van der Waals surface area contributed by atoms with Crippen LogP contribution in [0.4, 0.5) is 21.5 Å². The van der Waals surface area contributed by atoms with Crippen molar-refractivity contribution in [1.82, 2.24) is 0 Å². The van der Waals surface area contributed by atoms with Crippen molar-refractivity contribution in [1.29, 1.82) is 0 Å². The number of fused-ring (bicyclic) bond motifs is 1. The van der Waals surface area contributed by atoms with E-state index in [1.807, 2.05) is 6.07 Å². The fourth-order valence-corrected chi connectivity index (χ4v) is 3.76. The highest BCUT2D eigenvalue weighted by atomic mass is 32.2. The molecule has 6 nitrogen and oxygen atoms in total. The summed E-state index contributed by atoms with van der Waals surface area (Å²) in [4.78, 5) is 14.5. The molecule has 1 N–H and O–H groups in total. The molecule has 1 heterocycles.